The molecule has 0 saturated heterocycles. The van der Waals surface area contributed by atoms with Gasteiger partial charge in [0.1, 0.15) is 22.0 Å². The van der Waals surface area contributed by atoms with Crippen LogP contribution in [0.25, 0.3) is 0 Å². The van der Waals surface area contributed by atoms with Crippen LogP contribution in [0.5, 0.6) is 0 Å². The van der Waals surface area contributed by atoms with Gasteiger partial charge >= 0.3 is 0 Å². The number of hydrogen-bond acceptors (Lipinski definition) is 4. The van der Waals surface area contributed by atoms with Crippen molar-refractivity contribution in [3.63, 3.8) is 0 Å². The first-order chi connectivity index (χ1) is 7.74. The maximum absolute atomic E-state index is 5.77. The number of rotatable bonds is 3. The van der Waals surface area contributed by atoms with Gasteiger partial charge in [-0.05, 0) is 6.07 Å². The number of hydrogen-bond donors (Lipinski definition) is 0. The van der Waals surface area contributed by atoms with Gasteiger partial charge in [0.15, 0.2) is 0 Å². The van der Waals surface area contributed by atoms with Crippen LogP contribution in [0.2, 0.25) is 10.3 Å². The molecule has 2 heterocycles. The van der Waals surface area contributed by atoms with Crippen LogP contribution >= 0.6 is 23.2 Å². The molecule has 0 aromatic carbocycles. The summed E-state index contributed by atoms with van der Waals surface area (Å²) in [7, 11) is 0. The first-order valence-electron chi connectivity index (χ1n) is 4.69. The molecular formula is C10H8Cl2N4. The summed E-state index contributed by atoms with van der Waals surface area (Å²) >= 11 is 11.5. The minimum absolute atomic E-state index is 0.351. The van der Waals surface area contributed by atoms with Gasteiger partial charge in [-0.15, -0.1) is 0 Å². The number of halogens is 2. The molecule has 6 heteroatoms. The van der Waals surface area contributed by atoms with E-state index in [0.29, 0.717) is 29.0 Å². The predicted molar refractivity (Wildman–Crippen MR) is 61.5 cm³/mol. The van der Waals surface area contributed by atoms with E-state index in [0.717, 1.165) is 5.82 Å². The lowest BCUT2D eigenvalue weighted by Crippen LogP contribution is -2.01. The molecule has 0 fully saturated rings. The molecule has 0 aliphatic heterocycles. The average Bonchev–Trinajstić information content (AvgIpc) is 2.27. The van der Waals surface area contributed by atoms with E-state index in [4.69, 9.17) is 23.2 Å². The molecule has 2 aromatic rings. The highest BCUT2D eigenvalue weighted by Gasteiger charge is 2.03. The topological polar surface area (TPSA) is 51.6 Å². The molecule has 0 aliphatic carbocycles. The maximum atomic E-state index is 5.77. The lowest BCUT2D eigenvalue weighted by atomic mass is 10.3. The largest absolute Gasteiger partial charge is 0.241 e. The van der Waals surface area contributed by atoms with Crippen molar-refractivity contribution in [2.75, 3.05) is 0 Å². The Bertz CT molecular complexity index is 455. The van der Waals surface area contributed by atoms with Crippen LogP contribution < -0.4 is 0 Å². The molecule has 82 valence electrons. The molecule has 0 aliphatic rings. The lowest BCUT2D eigenvalue weighted by Gasteiger charge is -2.00. The van der Waals surface area contributed by atoms with Crippen molar-refractivity contribution in [3.05, 3.63) is 46.5 Å². The first kappa shape index (κ1) is 11.2. The van der Waals surface area contributed by atoms with Crippen molar-refractivity contribution < 1.29 is 0 Å². The Hall–Kier alpha value is -1.26. The Balaban J connectivity index is 2.05. The Kier molecular flexibility index (Phi) is 3.64. The molecular weight excluding hydrogens is 247 g/mol. The average molecular weight is 255 g/mol. The highest BCUT2D eigenvalue weighted by atomic mass is 35.5. The zero-order valence-corrected chi connectivity index (χ0v) is 9.78. The molecule has 2 aromatic heterocycles. The van der Waals surface area contributed by atoms with Gasteiger partial charge in [0.2, 0.25) is 0 Å². The zero-order valence-electron chi connectivity index (χ0n) is 8.27. The van der Waals surface area contributed by atoms with E-state index in [9.17, 15) is 0 Å². The third-order valence-electron chi connectivity index (χ3n) is 1.90. The number of aromatic nitrogens is 4. The van der Waals surface area contributed by atoms with Gasteiger partial charge in [-0.25, -0.2) is 19.9 Å². The highest BCUT2D eigenvalue weighted by Crippen LogP contribution is 2.12. The summed E-state index contributed by atoms with van der Waals surface area (Å²) in [6.07, 6.45) is 4.68. The Morgan fingerprint density at radius 2 is 1.44 bits per heavy atom. The van der Waals surface area contributed by atoms with Crippen LogP contribution in [0, 0.1) is 0 Å². The molecule has 0 saturated carbocycles. The van der Waals surface area contributed by atoms with E-state index < -0.39 is 0 Å². The molecule has 0 bridgehead atoms. The monoisotopic (exact) mass is 254 g/mol. The van der Waals surface area contributed by atoms with Crippen molar-refractivity contribution in [2.45, 2.75) is 12.8 Å². The van der Waals surface area contributed by atoms with Crippen molar-refractivity contribution >= 4 is 23.2 Å². The fourth-order valence-corrected chi connectivity index (χ4v) is 1.69. The third kappa shape index (κ3) is 3.12. The van der Waals surface area contributed by atoms with E-state index in [-0.39, 0.29) is 0 Å². The molecule has 16 heavy (non-hydrogen) atoms. The van der Waals surface area contributed by atoms with E-state index >= 15 is 0 Å². The third-order valence-corrected chi connectivity index (χ3v) is 2.29. The summed E-state index contributed by atoms with van der Waals surface area (Å²) in [6.45, 7) is 0. The molecule has 4 nitrogen and oxygen atoms in total. The van der Waals surface area contributed by atoms with Gasteiger partial charge in [-0.1, -0.05) is 23.2 Å². The van der Waals surface area contributed by atoms with Gasteiger partial charge in [-0.2, -0.15) is 0 Å². The summed E-state index contributed by atoms with van der Waals surface area (Å²) in [6, 6.07) is 3.28. The van der Waals surface area contributed by atoms with E-state index in [1.165, 1.54) is 6.07 Å². The second-order valence-electron chi connectivity index (χ2n) is 3.09. The predicted octanol–water partition coefficient (Wildman–Crippen LogP) is 2.36. The molecule has 0 unspecified atom stereocenters. The summed E-state index contributed by atoms with van der Waals surface area (Å²) in [5.41, 5.74) is 0. The van der Waals surface area contributed by atoms with Gasteiger partial charge in [0.05, 0.1) is 0 Å². The summed E-state index contributed by atoms with van der Waals surface area (Å²) < 4.78 is 0. The van der Waals surface area contributed by atoms with E-state index in [2.05, 4.69) is 19.9 Å². The van der Waals surface area contributed by atoms with Crippen LogP contribution in [0.15, 0.2) is 24.5 Å². The van der Waals surface area contributed by atoms with Crippen molar-refractivity contribution in [3.8, 4) is 0 Å². The van der Waals surface area contributed by atoms with E-state index in [1.54, 1.807) is 18.5 Å². The summed E-state index contributed by atoms with van der Waals surface area (Å²) in [5.74, 6) is 1.35. The van der Waals surface area contributed by atoms with Crippen LogP contribution in [0.3, 0.4) is 0 Å². The maximum Gasteiger partial charge on any atom is 0.134 e. The van der Waals surface area contributed by atoms with Gasteiger partial charge < -0.3 is 0 Å². The van der Waals surface area contributed by atoms with Crippen LogP contribution in [0.1, 0.15) is 11.6 Å². The number of nitrogens with zero attached hydrogens (tertiary/aromatic N) is 4. The van der Waals surface area contributed by atoms with Gasteiger partial charge in [0, 0.05) is 31.3 Å². The Morgan fingerprint density at radius 1 is 0.875 bits per heavy atom. The molecule has 0 radical (unpaired) electrons. The van der Waals surface area contributed by atoms with Crippen molar-refractivity contribution in [1.82, 2.24) is 19.9 Å². The lowest BCUT2D eigenvalue weighted by molar-refractivity contribution is 0.804. The summed E-state index contributed by atoms with van der Waals surface area (Å²) in [4.78, 5) is 16.3. The van der Waals surface area contributed by atoms with Gasteiger partial charge in [0.25, 0.3) is 0 Å². The zero-order chi connectivity index (χ0) is 11.4. The molecule has 0 spiro atoms. The first-order valence-corrected chi connectivity index (χ1v) is 5.44. The smallest absolute Gasteiger partial charge is 0.134 e. The Morgan fingerprint density at radius 3 is 2.06 bits per heavy atom. The number of aryl methyl sites for hydroxylation is 2. The van der Waals surface area contributed by atoms with Gasteiger partial charge in [-0.3, -0.25) is 0 Å². The van der Waals surface area contributed by atoms with Crippen LogP contribution in [-0.2, 0) is 12.8 Å². The quantitative estimate of drug-likeness (QED) is 0.790. The second-order valence-corrected chi connectivity index (χ2v) is 3.87. The summed E-state index contributed by atoms with van der Waals surface area (Å²) in [5, 5.41) is 0.702. The van der Waals surface area contributed by atoms with Crippen LogP contribution in [-0.4, -0.2) is 19.9 Å². The fraction of sp³-hybridized carbons (Fsp3) is 0.200. The SMILES string of the molecule is Clc1cc(Cl)nc(CCc2ncccn2)n1. The normalized spacial score (nSPS) is 10.4. The molecule has 2 rings (SSSR count). The van der Waals surface area contributed by atoms with Crippen molar-refractivity contribution in [1.29, 1.82) is 0 Å². The second kappa shape index (κ2) is 5.18. The van der Waals surface area contributed by atoms with Crippen LogP contribution in [0.4, 0.5) is 0 Å². The minimum Gasteiger partial charge on any atom is -0.241 e. The fourth-order valence-electron chi connectivity index (χ4n) is 1.23. The molecule has 0 N–H and O–H groups in total. The Labute approximate surface area is 103 Å². The van der Waals surface area contributed by atoms with E-state index in [1.807, 2.05) is 0 Å². The van der Waals surface area contributed by atoms with Crippen molar-refractivity contribution in [2.24, 2.45) is 0 Å². The highest BCUT2D eigenvalue weighted by molar-refractivity contribution is 6.33. The molecule has 0 amide bonds. The minimum atomic E-state index is 0.351. The standard InChI is InChI=1S/C10H8Cl2N4/c11-7-6-8(12)16-10(15-7)3-2-9-13-4-1-5-14-9/h1,4-6H,2-3H2. The molecule has 0 atom stereocenters.